The molecule has 0 bridgehead atoms. The van der Waals surface area contributed by atoms with Crippen LogP contribution in [0.1, 0.15) is 18.5 Å². The van der Waals surface area contributed by atoms with Gasteiger partial charge in [-0.3, -0.25) is 0 Å². The molecule has 0 spiro atoms. The molecular weight excluding hydrogens is 235 g/mol. The van der Waals surface area contributed by atoms with Crippen LogP contribution in [0.5, 0.6) is 0 Å². The van der Waals surface area contributed by atoms with Gasteiger partial charge in [0.15, 0.2) is 0 Å². The summed E-state index contributed by atoms with van der Waals surface area (Å²) in [6, 6.07) is 4.26. The van der Waals surface area contributed by atoms with E-state index >= 15 is 0 Å². The number of rotatable bonds is 3. The molecule has 5 heteroatoms. The van der Waals surface area contributed by atoms with Crippen LogP contribution in [0.3, 0.4) is 0 Å². The van der Waals surface area contributed by atoms with Crippen LogP contribution in [-0.4, -0.2) is 37.5 Å². The number of morpholine rings is 1. The van der Waals surface area contributed by atoms with Crippen LogP contribution in [0.25, 0.3) is 0 Å². The smallest absolute Gasteiger partial charge is 0.123 e. The molecular formula is C13H19FN2O2. The van der Waals surface area contributed by atoms with Crippen molar-refractivity contribution in [3.8, 4) is 0 Å². The first-order chi connectivity index (χ1) is 8.63. The molecule has 1 heterocycles. The summed E-state index contributed by atoms with van der Waals surface area (Å²) in [4.78, 5) is 2.04. The summed E-state index contributed by atoms with van der Waals surface area (Å²) in [5.41, 5.74) is 7.53. The Balaban J connectivity index is 2.36. The third kappa shape index (κ3) is 2.63. The van der Waals surface area contributed by atoms with E-state index in [2.05, 4.69) is 0 Å². The van der Waals surface area contributed by atoms with Gasteiger partial charge in [-0.25, -0.2) is 4.39 Å². The van der Waals surface area contributed by atoms with Gasteiger partial charge in [-0.1, -0.05) is 0 Å². The van der Waals surface area contributed by atoms with Crippen molar-refractivity contribution >= 4 is 5.69 Å². The lowest BCUT2D eigenvalue weighted by Gasteiger charge is -2.38. The molecule has 0 amide bonds. The van der Waals surface area contributed by atoms with Crippen LogP contribution in [0.2, 0.25) is 0 Å². The van der Waals surface area contributed by atoms with Gasteiger partial charge in [-0.15, -0.1) is 0 Å². The van der Waals surface area contributed by atoms with Crippen molar-refractivity contribution in [2.75, 3.05) is 31.3 Å². The number of aliphatic hydroxyl groups is 1. The molecule has 0 aliphatic carbocycles. The second-order valence-corrected chi connectivity index (χ2v) is 4.60. The Morgan fingerprint density at radius 1 is 1.61 bits per heavy atom. The predicted octanol–water partition coefficient (Wildman–Crippen LogP) is 1.04. The zero-order valence-electron chi connectivity index (χ0n) is 10.5. The van der Waals surface area contributed by atoms with Crippen molar-refractivity contribution < 1.29 is 14.2 Å². The number of ether oxygens (including phenoxy) is 1. The molecule has 1 saturated heterocycles. The van der Waals surface area contributed by atoms with E-state index in [0.717, 1.165) is 11.3 Å². The van der Waals surface area contributed by atoms with Crippen molar-refractivity contribution in [1.82, 2.24) is 0 Å². The van der Waals surface area contributed by atoms with Crippen molar-refractivity contribution in [3.63, 3.8) is 0 Å². The lowest BCUT2D eigenvalue weighted by molar-refractivity contribution is 0.0726. The first kappa shape index (κ1) is 13.3. The molecule has 2 rings (SSSR count). The summed E-state index contributed by atoms with van der Waals surface area (Å²) in [7, 11) is 0. The van der Waals surface area contributed by atoms with Crippen molar-refractivity contribution in [2.45, 2.75) is 19.0 Å². The van der Waals surface area contributed by atoms with E-state index in [9.17, 15) is 9.50 Å². The van der Waals surface area contributed by atoms with Gasteiger partial charge in [0.2, 0.25) is 0 Å². The van der Waals surface area contributed by atoms with Gasteiger partial charge >= 0.3 is 0 Å². The van der Waals surface area contributed by atoms with E-state index < -0.39 is 0 Å². The minimum absolute atomic E-state index is 0.00969. The Bertz CT molecular complexity index is 412. The van der Waals surface area contributed by atoms with Crippen LogP contribution < -0.4 is 10.6 Å². The van der Waals surface area contributed by atoms with E-state index in [0.29, 0.717) is 19.8 Å². The number of hydrogen-bond donors (Lipinski definition) is 2. The molecule has 2 unspecified atom stereocenters. The number of aliphatic hydroxyl groups excluding tert-OH is 1. The van der Waals surface area contributed by atoms with Crippen molar-refractivity contribution in [3.05, 3.63) is 29.6 Å². The van der Waals surface area contributed by atoms with Gasteiger partial charge in [-0.05, 0) is 30.7 Å². The molecule has 0 saturated carbocycles. The van der Waals surface area contributed by atoms with Crippen LogP contribution in [0, 0.1) is 5.82 Å². The fraction of sp³-hybridized carbons (Fsp3) is 0.538. The second-order valence-electron chi connectivity index (χ2n) is 4.60. The Hall–Kier alpha value is -1.17. The molecule has 1 aliphatic rings. The summed E-state index contributed by atoms with van der Waals surface area (Å²) < 4.78 is 18.6. The third-order valence-corrected chi connectivity index (χ3v) is 3.23. The maximum absolute atomic E-state index is 13.3. The van der Waals surface area contributed by atoms with Crippen LogP contribution >= 0.6 is 0 Å². The van der Waals surface area contributed by atoms with Crippen LogP contribution in [-0.2, 0) is 4.74 Å². The van der Waals surface area contributed by atoms with Gasteiger partial charge < -0.3 is 20.5 Å². The van der Waals surface area contributed by atoms with Gasteiger partial charge in [-0.2, -0.15) is 0 Å². The molecule has 100 valence electrons. The Labute approximate surface area is 106 Å². The fourth-order valence-corrected chi connectivity index (χ4v) is 2.27. The molecule has 3 N–H and O–H groups in total. The van der Waals surface area contributed by atoms with Gasteiger partial charge in [0.1, 0.15) is 5.82 Å². The lowest BCUT2D eigenvalue weighted by atomic mass is 10.0. The highest BCUT2D eigenvalue weighted by molar-refractivity contribution is 5.56. The minimum Gasteiger partial charge on any atom is -0.394 e. The van der Waals surface area contributed by atoms with Gasteiger partial charge in [0, 0.05) is 18.3 Å². The highest BCUT2D eigenvalue weighted by atomic mass is 19.1. The third-order valence-electron chi connectivity index (χ3n) is 3.23. The largest absolute Gasteiger partial charge is 0.394 e. The zero-order valence-corrected chi connectivity index (χ0v) is 10.5. The molecule has 4 nitrogen and oxygen atoms in total. The van der Waals surface area contributed by atoms with E-state index in [1.807, 2.05) is 11.8 Å². The monoisotopic (exact) mass is 254 g/mol. The summed E-state index contributed by atoms with van der Waals surface area (Å²) in [5.74, 6) is -0.292. The average molecular weight is 254 g/mol. The summed E-state index contributed by atoms with van der Waals surface area (Å²) in [6.07, 6.45) is 0. The number of nitrogens with zero attached hydrogens (tertiary/aromatic N) is 1. The van der Waals surface area contributed by atoms with E-state index in [4.69, 9.17) is 10.5 Å². The molecule has 18 heavy (non-hydrogen) atoms. The lowest BCUT2D eigenvalue weighted by Crippen LogP contribution is -2.48. The molecule has 1 aromatic rings. The molecule has 2 atom stereocenters. The first-order valence-electron chi connectivity index (χ1n) is 6.13. The maximum atomic E-state index is 13.3. The topological polar surface area (TPSA) is 58.7 Å². The SMILES string of the molecule is CC(N)c1cc(F)ccc1N1CCOCC1CO. The number of hydrogen-bond acceptors (Lipinski definition) is 4. The Morgan fingerprint density at radius 2 is 2.39 bits per heavy atom. The Kier molecular flexibility index (Phi) is 4.16. The second kappa shape index (κ2) is 5.65. The standard InChI is InChI=1S/C13H19FN2O2/c1-9(15)12-6-10(14)2-3-13(12)16-4-5-18-8-11(16)7-17/h2-3,6,9,11,17H,4-5,7-8,15H2,1H3. The molecule has 1 fully saturated rings. The Morgan fingerprint density at radius 3 is 3.06 bits per heavy atom. The molecule has 0 radical (unpaired) electrons. The minimum atomic E-state index is -0.292. The summed E-state index contributed by atoms with van der Waals surface area (Å²) >= 11 is 0. The molecule has 1 aromatic carbocycles. The number of anilines is 1. The van der Waals surface area contributed by atoms with Gasteiger partial charge in [0.05, 0.1) is 25.9 Å². The summed E-state index contributed by atoms with van der Waals surface area (Å²) in [6.45, 7) is 3.59. The van der Waals surface area contributed by atoms with Crippen LogP contribution in [0.4, 0.5) is 10.1 Å². The first-order valence-corrected chi connectivity index (χ1v) is 6.13. The van der Waals surface area contributed by atoms with Crippen molar-refractivity contribution in [2.24, 2.45) is 5.73 Å². The van der Waals surface area contributed by atoms with E-state index in [-0.39, 0.29) is 24.5 Å². The summed E-state index contributed by atoms with van der Waals surface area (Å²) in [5, 5.41) is 9.38. The normalized spacial score (nSPS) is 22.0. The van der Waals surface area contributed by atoms with E-state index in [1.165, 1.54) is 12.1 Å². The van der Waals surface area contributed by atoms with Gasteiger partial charge in [0.25, 0.3) is 0 Å². The predicted molar refractivity (Wildman–Crippen MR) is 68.0 cm³/mol. The number of nitrogens with two attached hydrogens (primary N) is 1. The molecule has 0 aromatic heterocycles. The quantitative estimate of drug-likeness (QED) is 0.846. The van der Waals surface area contributed by atoms with E-state index in [1.54, 1.807) is 6.07 Å². The average Bonchev–Trinajstić information content (AvgIpc) is 2.38. The van der Waals surface area contributed by atoms with Crippen molar-refractivity contribution in [1.29, 1.82) is 0 Å². The number of halogens is 1. The number of benzene rings is 1. The van der Waals surface area contributed by atoms with Crippen LogP contribution in [0.15, 0.2) is 18.2 Å². The highest BCUT2D eigenvalue weighted by Crippen LogP contribution is 2.28. The highest BCUT2D eigenvalue weighted by Gasteiger charge is 2.25. The maximum Gasteiger partial charge on any atom is 0.123 e. The zero-order chi connectivity index (χ0) is 13.1. The molecule has 1 aliphatic heterocycles. The fourth-order valence-electron chi connectivity index (χ4n) is 2.27.